The van der Waals surface area contributed by atoms with Gasteiger partial charge in [-0.25, -0.2) is 13.4 Å². The summed E-state index contributed by atoms with van der Waals surface area (Å²) in [6.45, 7) is 0. The van der Waals surface area contributed by atoms with Crippen molar-refractivity contribution in [3.8, 4) is 0 Å². The van der Waals surface area contributed by atoms with Crippen LogP contribution in [0.5, 0.6) is 0 Å². The van der Waals surface area contributed by atoms with Crippen molar-refractivity contribution in [2.75, 3.05) is 17.3 Å². The van der Waals surface area contributed by atoms with Gasteiger partial charge >= 0.3 is 0 Å². The highest BCUT2D eigenvalue weighted by molar-refractivity contribution is 7.90. The van der Waals surface area contributed by atoms with Crippen molar-refractivity contribution in [2.45, 2.75) is 44.9 Å². The minimum absolute atomic E-state index is 0.0108. The van der Waals surface area contributed by atoms with Crippen LogP contribution in [0.1, 0.15) is 42.7 Å². The molecule has 7 heteroatoms. The Morgan fingerprint density at radius 1 is 1.25 bits per heavy atom. The molecule has 1 amide bonds. The van der Waals surface area contributed by atoms with E-state index in [2.05, 4.69) is 10.3 Å². The van der Waals surface area contributed by atoms with Gasteiger partial charge in [-0.2, -0.15) is 0 Å². The second kappa shape index (κ2) is 6.67. The van der Waals surface area contributed by atoms with Gasteiger partial charge < -0.3 is 5.32 Å². The fraction of sp³-hybridized carbons (Fsp3) is 0.692. The average molecular weight is 316 g/mol. The molecule has 2 rings (SSSR count). The number of nitrogens with zero attached hydrogens (tertiary/aromatic N) is 1. The van der Waals surface area contributed by atoms with Gasteiger partial charge in [0.15, 0.2) is 5.13 Å². The summed E-state index contributed by atoms with van der Waals surface area (Å²) in [7, 11) is -3.10. The number of thiazole rings is 1. The van der Waals surface area contributed by atoms with Gasteiger partial charge in [-0.1, -0.05) is 12.8 Å². The van der Waals surface area contributed by atoms with Gasteiger partial charge in [-0.05, 0) is 25.7 Å². The van der Waals surface area contributed by atoms with Crippen molar-refractivity contribution in [3.63, 3.8) is 0 Å². The van der Waals surface area contributed by atoms with Gasteiger partial charge in [0.1, 0.15) is 9.84 Å². The second-order valence-corrected chi connectivity index (χ2v) is 8.57. The van der Waals surface area contributed by atoms with E-state index in [9.17, 15) is 13.2 Å². The number of fused-ring (bicyclic) bond motifs is 1. The first kappa shape index (κ1) is 15.4. The van der Waals surface area contributed by atoms with E-state index in [0.29, 0.717) is 5.13 Å². The molecule has 1 aliphatic carbocycles. The number of carbonyl (C=O) groups is 1. The molecule has 5 nitrogen and oxygen atoms in total. The number of hydrogen-bond donors (Lipinski definition) is 1. The van der Waals surface area contributed by atoms with E-state index in [1.165, 1.54) is 35.5 Å². The van der Waals surface area contributed by atoms with Gasteiger partial charge in [-0.15, -0.1) is 11.3 Å². The lowest BCUT2D eigenvalue weighted by Gasteiger charge is -2.06. The third kappa shape index (κ3) is 4.86. The Bertz CT molecular complexity index is 553. The number of aromatic nitrogens is 1. The number of hydrogen-bond acceptors (Lipinski definition) is 5. The maximum atomic E-state index is 11.7. The van der Waals surface area contributed by atoms with Gasteiger partial charge in [0.25, 0.3) is 0 Å². The molecule has 0 radical (unpaired) electrons. The summed E-state index contributed by atoms with van der Waals surface area (Å²) in [4.78, 5) is 17.4. The van der Waals surface area contributed by atoms with Crippen molar-refractivity contribution in [2.24, 2.45) is 0 Å². The SMILES string of the molecule is CS(=O)(=O)CCC(=O)Nc1nc2c(s1)CCCCCC2. The van der Waals surface area contributed by atoms with Crippen LogP contribution in [0.25, 0.3) is 0 Å². The fourth-order valence-corrected chi connectivity index (χ4v) is 3.84. The lowest BCUT2D eigenvalue weighted by molar-refractivity contribution is -0.115. The maximum absolute atomic E-state index is 11.7. The first-order valence-corrected chi connectivity index (χ1v) is 9.78. The Hall–Kier alpha value is -0.950. The summed E-state index contributed by atoms with van der Waals surface area (Å²) in [5.41, 5.74) is 1.10. The minimum atomic E-state index is -3.10. The number of rotatable bonds is 4. The molecule has 0 bridgehead atoms. The van der Waals surface area contributed by atoms with Crippen molar-refractivity contribution in [1.29, 1.82) is 0 Å². The quantitative estimate of drug-likeness (QED) is 0.923. The molecule has 1 aromatic rings. The van der Waals surface area contributed by atoms with Crippen molar-refractivity contribution in [1.82, 2.24) is 4.98 Å². The monoisotopic (exact) mass is 316 g/mol. The number of aryl methyl sites for hydroxylation is 2. The van der Waals surface area contributed by atoms with Crippen LogP contribution >= 0.6 is 11.3 Å². The van der Waals surface area contributed by atoms with Gasteiger partial charge in [-0.3, -0.25) is 4.79 Å². The second-order valence-electron chi connectivity index (χ2n) is 5.23. The lowest BCUT2D eigenvalue weighted by atomic mass is 10.0. The number of amides is 1. The Morgan fingerprint density at radius 3 is 2.65 bits per heavy atom. The molecule has 20 heavy (non-hydrogen) atoms. The molecule has 112 valence electrons. The zero-order chi connectivity index (χ0) is 14.6. The van der Waals surface area contributed by atoms with Crippen LogP contribution in [0, 0.1) is 0 Å². The third-order valence-corrected chi connectivity index (χ3v) is 5.31. The standard InChI is InChI=1S/C13H20N2O3S2/c1-20(17,18)9-8-12(16)15-13-14-10-6-4-2-3-5-7-11(10)19-13/h2-9H2,1H3,(H,14,15,16). The first-order valence-electron chi connectivity index (χ1n) is 6.90. The summed E-state index contributed by atoms with van der Waals surface area (Å²) in [5.74, 6) is -0.402. The molecule has 0 unspecified atom stereocenters. The van der Waals surface area contributed by atoms with Crippen LogP contribution < -0.4 is 5.32 Å². The molecule has 1 aliphatic rings. The summed E-state index contributed by atoms with van der Waals surface area (Å²) >= 11 is 1.53. The van der Waals surface area contributed by atoms with E-state index in [1.54, 1.807) is 0 Å². The predicted molar refractivity (Wildman–Crippen MR) is 80.9 cm³/mol. The Kier molecular flexibility index (Phi) is 5.15. The van der Waals surface area contributed by atoms with Crippen LogP contribution in [0.2, 0.25) is 0 Å². The minimum Gasteiger partial charge on any atom is -0.302 e. The third-order valence-electron chi connectivity index (χ3n) is 3.29. The number of anilines is 1. The number of carbonyl (C=O) groups excluding carboxylic acids is 1. The summed E-state index contributed by atoms with van der Waals surface area (Å²) in [5, 5.41) is 3.32. The molecule has 1 aromatic heterocycles. The van der Waals surface area contributed by atoms with E-state index in [1.807, 2.05) is 0 Å². The normalized spacial score (nSPS) is 16.1. The highest BCUT2D eigenvalue weighted by Crippen LogP contribution is 2.28. The summed E-state index contributed by atoms with van der Waals surface area (Å²) in [6.07, 6.45) is 7.96. The van der Waals surface area contributed by atoms with Crippen LogP contribution in [-0.2, 0) is 27.5 Å². The zero-order valence-corrected chi connectivity index (χ0v) is 13.3. The Morgan fingerprint density at radius 2 is 1.95 bits per heavy atom. The smallest absolute Gasteiger partial charge is 0.227 e. The zero-order valence-electron chi connectivity index (χ0n) is 11.6. The molecule has 0 fully saturated rings. The Balaban J connectivity index is 1.96. The molecule has 0 saturated carbocycles. The van der Waals surface area contributed by atoms with Gasteiger partial charge in [0.2, 0.25) is 5.91 Å². The van der Waals surface area contributed by atoms with Crippen LogP contribution in [0.15, 0.2) is 0 Å². The van der Waals surface area contributed by atoms with Gasteiger partial charge in [0.05, 0.1) is 11.4 Å². The molecule has 0 aliphatic heterocycles. The van der Waals surface area contributed by atoms with E-state index in [-0.39, 0.29) is 18.1 Å². The fourth-order valence-electron chi connectivity index (χ4n) is 2.22. The van der Waals surface area contributed by atoms with Crippen LogP contribution in [-0.4, -0.2) is 31.3 Å². The van der Waals surface area contributed by atoms with E-state index >= 15 is 0 Å². The Labute approximate surface area is 123 Å². The largest absolute Gasteiger partial charge is 0.302 e. The number of nitrogens with one attached hydrogen (secondary N) is 1. The molecule has 1 N–H and O–H groups in total. The highest BCUT2D eigenvalue weighted by Gasteiger charge is 2.15. The lowest BCUT2D eigenvalue weighted by Crippen LogP contribution is -2.16. The number of sulfone groups is 1. The maximum Gasteiger partial charge on any atom is 0.227 e. The van der Waals surface area contributed by atoms with Crippen molar-refractivity contribution >= 4 is 32.2 Å². The molecule has 0 aromatic carbocycles. The molecular weight excluding hydrogens is 296 g/mol. The molecule has 0 spiro atoms. The van der Waals surface area contributed by atoms with E-state index < -0.39 is 9.84 Å². The highest BCUT2D eigenvalue weighted by atomic mass is 32.2. The average Bonchev–Trinajstić information content (AvgIpc) is 2.67. The van der Waals surface area contributed by atoms with Gasteiger partial charge in [0, 0.05) is 17.6 Å². The predicted octanol–water partition coefficient (Wildman–Crippen LogP) is 2.18. The molecule has 0 atom stereocenters. The summed E-state index contributed by atoms with van der Waals surface area (Å²) < 4.78 is 22.1. The van der Waals surface area contributed by atoms with E-state index in [4.69, 9.17) is 0 Å². The van der Waals surface area contributed by atoms with Crippen molar-refractivity contribution in [3.05, 3.63) is 10.6 Å². The summed E-state index contributed by atoms with van der Waals surface area (Å²) in [6, 6.07) is 0. The molecule has 1 heterocycles. The first-order chi connectivity index (χ1) is 9.44. The molecule has 0 saturated heterocycles. The van der Waals surface area contributed by atoms with E-state index in [0.717, 1.165) is 31.2 Å². The van der Waals surface area contributed by atoms with Crippen LogP contribution in [0.3, 0.4) is 0 Å². The van der Waals surface area contributed by atoms with Crippen molar-refractivity contribution < 1.29 is 13.2 Å². The molecular formula is C13H20N2O3S2. The topological polar surface area (TPSA) is 76.1 Å². The van der Waals surface area contributed by atoms with Crippen LogP contribution in [0.4, 0.5) is 5.13 Å².